The van der Waals surface area contributed by atoms with Crippen molar-refractivity contribution in [3.05, 3.63) is 16.4 Å². The van der Waals surface area contributed by atoms with E-state index < -0.39 is 22.5 Å². The van der Waals surface area contributed by atoms with E-state index in [0.29, 0.717) is 29.4 Å². The largest absolute Gasteiger partial charge is 0.444 e. The molecule has 0 radical (unpaired) electrons. The molecule has 0 aliphatic rings. The number of hydrogen-bond acceptors (Lipinski definition) is 6. The Bertz CT molecular complexity index is 910. The number of carbonyl (C=O) groups is 1. The molecule has 2 aromatic rings. The quantitative estimate of drug-likeness (QED) is 0.554. The van der Waals surface area contributed by atoms with E-state index in [-0.39, 0.29) is 5.25 Å². The van der Waals surface area contributed by atoms with Gasteiger partial charge in [-0.2, -0.15) is 5.10 Å². The summed E-state index contributed by atoms with van der Waals surface area (Å²) in [4.78, 5) is 17.9. The average molecular weight is 489 g/mol. The van der Waals surface area contributed by atoms with Crippen molar-refractivity contribution in [1.82, 2.24) is 19.7 Å². The second kappa shape index (κ2) is 9.53. The van der Waals surface area contributed by atoms with E-state index in [1.807, 2.05) is 47.7 Å². The molecule has 2 heterocycles. The predicted octanol–water partition coefficient (Wildman–Crippen LogP) is 3.42. The van der Waals surface area contributed by atoms with E-state index in [2.05, 4.69) is 26.0 Å². The normalized spacial score (nSPS) is 14.1. The Morgan fingerprint density at radius 3 is 2.69 bits per heavy atom. The van der Waals surface area contributed by atoms with Crippen molar-refractivity contribution in [2.24, 2.45) is 7.05 Å². The van der Waals surface area contributed by atoms with Crippen molar-refractivity contribution in [2.75, 3.05) is 26.8 Å². The minimum Gasteiger partial charge on any atom is -0.444 e. The number of nitrogens with zero attached hydrogens (tertiary/aromatic N) is 4. The second-order valence-electron chi connectivity index (χ2n) is 7.94. The van der Waals surface area contributed by atoms with Crippen molar-refractivity contribution < 1.29 is 18.5 Å². The lowest BCUT2D eigenvalue weighted by atomic mass is 10.2. The van der Waals surface area contributed by atoms with Gasteiger partial charge in [-0.25, -0.2) is 9.78 Å². The average Bonchev–Trinajstić information content (AvgIpc) is 2.90. The van der Waals surface area contributed by atoms with Gasteiger partial charge >= 0.3 is 6.09 Å². The summed E-state index contributed by atoms with van der Waals surface area (Å²) < 4.78 is 26.3. The summed E-state index contributed by atoms with van der Waals surface area (Å²) in [5.74, 6) is 0. The van der Waals surface area contributed by atoms with Crippen LogP contribution in [0.1, 0.15) is 33.4 Å². The van der Waals surface area contributed by atoms with Gasteiger partial charge < -0.3 is 14.4 Å². The van der Waals surface area contributed by atoms with E-state index in [0.717, 1.165) is 16.6 Å². The SMILES string of the molecule is Cc1nc(S(=O)C(C)COCCN(C)C(=O)OC(C)(C)C)cc2c(Br)nn(C)c12. The number of hydrogen-bond donors (Lipinski definition) is 0. The molecule has 8 nitrogen and oxygen atoms in total. The van der Waals surface area contributed by atoms with Crippen LogP contribution in [0.15, 0.2) is 15.7 Å². The fourth-order valence-electron chi connectivity index (χ4n) is 2.69. The predicted molar refractivity (Wildman–Crippen MR) is 116 cm³/mol. The molecule has 0 aliphatic heterocycles. The van der Waals surface area contributed by atoms with E-state index in [4.69, 9.17) is 9.47 Å². The molecule has 0 aliphatic carbocycles. The summed E-state index contributed by atoms with van der Waals surface area (Å²) in [5, 5.41) is 5.48. The molecule has 0 spiro atoms. The molecular formula is C19H29BrN4O4S. The number of aryl methyl sites for hydroxylation is 2. The van der Waals surface area contributed by atoms with Crippen LogP contribution in [0.3, 0.4) is 0 Å². The van der Waals surface area contributed by atoms with Gasteiger partial charge in [0, 0.05) is 26.0 Å². The molecular weight excluding hydrogens is 460 g/mol. The highest BCUT2D eigenvalue weighted by molar-refractivity contribution is 9.10. The lowest BCUT2D eigenvalue weighted by molar-refractivity contribution is 0.0233. The number of halogens is 1. The molecule has 2 rings (SSSR count). The summed E-state index contributed by atoms with van der Waals surface area (Å²) in [7, 11) is 2.18. The van der Waals surface area contributed by atoms with Crippen LogP contribution in [0.4, 0.5) is 4.79 Å². The topological polar surface area (TPSA) is 86.6 Å². The van der Waals surface area contributed by atoms with Crippen molar-refractivity contribution >= 4 is 43.7 Å². The molecule has 0 bridgehead atoms. The molecule has 10 heteroatoms. The first-order valence-corrected chi connectivity index (χ1v) is 11.3. The van der Waals surface area contributed by atoms with Gasteiger partial charge in [0.2, 0.25) is 0 Å². The summed E-state index contributed by atoms with van der Waals surface area (Å²) in [6.07, 6.45) is -0.396. The fraction of sp³-hybridized carbons (Fsp3) is 0.632. The second-order valence-corrected chi connectivity index (χ2v) is 10.5. The maximum Gasteiger partial charge on any atom is 0.410 e. The summed E-state index contributed by atoms with van der Waals surface area (Å²) in [5.41, 5.74) is 1.15. The Balaban J connectivity index is 1.91. The highest BCUT2D eigenvalue weighted by Crippen LogP contribution is 2.27. The van der Waals surface area contributed by atoms with Crippen molar-refractivity contribution in [3.63, 3.8) is 0 Å². The summed E-state index contributed by atoms with van der Waals surface area (Å²) in [6, 6.07) is 1.81. The fourth-order valence-corrected chi connectivity index (χ4v) is 4.32. The van der Waals surface area contributed by atoms with Gasteiger partial charge in [-0.05, 0) is 56.6 Å². The van der Waals surface area contributed by atoms with E-state index >= 15 is 0 Å². The molecule has 1 amide bonds. The maximum absolute atomic E-state index is 12.9. The molecule has 162 valence electrons. The molecule has 0 aromatic carbocycles. The van der Waals surface area contributed by atoms with Crippen LogP contribution >= 0.6 is 15.9 Å². The minimum absolute atomic E-state index is 0.248. The number of pyridine rings is 1. The smallest absolute Gasteiger partial charge is 0.410 e. The first-order chi connectivity index (χ1) is 13.4. The first kappa shape index (κ1) is 23.8. The van der Waals surface area contributed by atoms with E-state index in [1.165, 1.54) is 4.90 Å². The Morgan fingerprint density at radius 2 is 2.07 bits per heavy atom. The highest BCUT2D eigenvalue weighted by Gasteiger charge is 2.21. The third-order valence-corrected chi connectivity index (χ3v) is 6.20. The lowest BCUT2D eigenvalue weighted by Crippen LogP contribution is -2.36. The minimum atomic E-state index is -1.33. The lowest BCUT2D eigenvalue weighted by Gasteiger charge is -2.24. The maximum atomic E-state index is 12.9. The van der Waals surface area contributed by atoms with Gasteiger partial charge in [0.05, 0.1) is 40.5 Å². The van der Waals surface area contributed by atoms with Crippen LogP contribution in [-0.4, -0.2) is 67.6 Å². The number of amides is 1. The van der Waals surface area contributed by atoms with Gasteiger partial charge in [-0.15, -0.1) is 0 Å². The number of aromatic nitrogens is 3. The Labute approximate surface area is 182 Å². The van der Waals surface area contributed by atoms with Crippen molar-refractivity contribution in [1.29, 1.82) is 0 Å². The molecule has 0 saturated heterocycles. The molecule has 0 fully saturated rings. The summed E-state index contributed by atoms with van der Waals surface area (Å²) in [6.45, 7) is 10.2. The number of rotatable bonds is 7. The number of ether oxygens (including phenoxy) is 2. The number of likely N-dealkylation sites (N-methyl/N-ethyl adjacent to an activating group) is 1. The van der Waals surface area contributed by atoms with Crippen LogP contribution in [0, 0.1) is 6.92 Å². The summed E-state index contributed by atoms with van der Waals surface area (Å²) >= 11 is 3.44. The van der Waals surface area contributed by atoms with Crippen LogP contribution < -0.4 is 0 Å². The highest BCUT2D eigenvalue weighted by atomic mass is 79.9. The van der Waals surface area contributed by atoms with Gasteiger partial charge in [0.1, 0.15) is 15.2 Å². The van der Waals surface area contributed by atoms with E-state index in [9.17, 15) is 9.00 Å². The van der Waals surface area contributed by atoms with Crippen LogP contribution in [0.5, 0.6) is 0 Å². The molecule has 2 atom stereocenters. The number of fused-ring (bicyclic) bond motifs is 1. The van der Waals surface area contributed by atoms with Gasteiger partial charge in [-0.3, -0.25) is 8.89 Å². The molecule has 29 heavy (non-hydrogen) atoms. The van der Waals surface area contributed by atoms with Crippen molar-refractivity contribution in [2.45, 2.75) is 50.5 Å². The monoisotopic (exact) mass is 488 g/mol. The zero-order valence-electron chi connectivity index (χ0n) is 18.0. The number of carbonyl (C=O) groups excluding carboxylic acids is 1. The Morgan fingerprint density at radius 1 is 1.41 bits per heavy atom. The molecule has 0 saturated carbocycles. The van der Waals surface area contributed by atoms with Crippen molar-refractivity contribution in [3.8, 4) is 0 Å². The molecule has 2 aromatic heterocycles. The zero-order chi connectivity index (χ0) is 21.9. The van der Waals surface area contributed by atoms with Crippen LogP contribution in [0.25, 0.3) is 10.9 Å². The van der Waals surface area contributed by atoms with Gasteiger partial charge in [0.15, 0.2) is 0 Å². The van der Waals surface area contributed by atoms with E-state index in [1.54, 1.807) is 11.7 Å². The Hall–Kier alpha value is -1.52. The third kappa shape index (κ3) is 6.23. The zero-order valence-corrected chi connectivity index (χ0v) is 20.4. The standard InChI is InChI=1S/C19H29BrN4O4S/c1-12(11-27-9-8-23(6)18(25)28-19(3,4)5)29(26)15-10-14-16(13(2)21-15)24(7)22-17(14)20/h10,12H,8-9,11H2,1-7H3. The first-order valence-electron chi connectivity index (χ1n) is 9.33. The van der Waals surface area contributed by atoms with Gasteiger partial charge in [-0.1, -0.05) is 0 Å². The molecule has 0 N–H and O–H groups in total. The Kier molecular flexibility index (Phi) is 7.80. The van der Waals surface area contributed by atoms with Crippen LogP contribution in [0.2, 0.25) is 0 Å². The molecule has 2 unspecified atom stereocenters. The third-order valence-electron chi connectivity index (χ3n) is 4.13. The van der Waals surface area contributed by atoms with Crippen LogP contribution in [-0.2, 0) is 27.3 Å². The van der Waals surface area contributed by atoms with Gasteiger partial charge in [0.25, 0.3) is 0 Å².